The summed E-state index contributed by atoms with van der Waals surface area (Å²) in [7, 11) is 1.56. The van der Waals surface area contributed by atoms with Crippen molar-refractivity contribution in [2.75, 3.05) is 18.5 Å². The third kappa shape index (κ3) is 2.22. The number of fused-ring (bicyclic) bond motifs is 1. The Hall–Kier alpha value is -1.01. The van der Waals surface area contributed by atoms with E-state index in [9.17, 15) is 8.78 Å². The maximum Gasteiger partial charge on any atom is 0.255 e. The molecule has 0 bridgehead atoms. The summed E-state index contributed by atoms with van der Waals surface area (Å²) in [5.41, 5.74) is 0. The molecule has 16 heavy (non-hydrogen) atoms. The van der Waals surface area contributed by atoms with Crippen molar-refractivity contribution in [1.82, 2.24) is 9.97 Å². The molecular weight excluding hydrogens is 256 g/mol. The van der Waals surface area contributed by atoms with Crippen LogP contribution in [0.3, 0.4) is 0 Å². The lowest BCUT2D eigenvalue weighted by Gasteiger charge is -2.18. The Balaban J connectivity index is 2.45. The number of anilines is 1. The van der Waals surface area contributed by atoms with Crippen LogP contribution in [0.1, 0.15) is 0 Å². The van der Waals surface area contributed by atoms with Crippen molar-refractivity contribution in [1.29, 1.82) is 0 Å². The van der Waals surface area contributed by atoms with Crippen LogP contribution in [0.4, 0.5) is 14.6 Å². The van der Waals surface area contributed by atoms with Crippen molar-refractivity contribution < 1.29 is 8.78 Å². The minimum atomic E-state index is -2.41. The molecule has 7 heteroatoms. The first-order valence-electron chi connectivity index (χ1n) is 4.48. The number of aromatic nitrogens is 2. The van der Waals surface area contributed by atoms with Crippen LogP contribution >= 0.6 is 22.9 Å². The van der Waals surface area contributed by atoms with Crippen LogP contribution in [-0.2, 0) is 0 Å². The third-order valence-electron chi connectivity index (χ3n) is 2.05. The first-order valence-corrected chi connectivity index (χ1v) is 5.73. The number of halogens is 3. The van der Waals surface area contributed by atoms with Gasteiger partial charge in [0, 0.05) is 7.05 Å². The van der Waals surface area contributed by atoms with Crippen molar-refractivity contribution >= 4 is 39.0 Å². The van der Waals surface area contributed by atoms with E-state index in [2.05, 4.69) is 9.97 Å². The first-order chi connectivity index (χ1) is 7.58. The second-order valence-electron chi connectivity index (χ2n) is 3.23. The van der Waals surface area contributed by atoms with Crippen LogP contribution in [0.5, 0.6) is 0 Å². The molecule has 0 amide bonds. The zero-order valence-corrected chi connectivity index (χ0v) is 9.90. The summed E-state index contributed by atoms with van der Waals surface area (Å²) in [6, 6.07) is 1.80. The highest BCUT2D eigenvalue weighted by atomic mass is 35.5. The largest absolute Gasteiger partial charge is 0.353 e. The fraction of sp³-hybridized carbons (Fsp3) is 0.333. The Kier molecular flexibility index (Phi) is 3.20. The molecule has 0 saturated heterocycles. The van der Waals surface area contributed by atoms with Gasteiger partial charge in [-0.1, -0.05) is 0 Å². The average molecular weight is 264 g/mol. The summed E-state index contributed by atoms with van der Waals surface area (Å²) in [6.45, 7) is -0.377. The van der Waals surface area contributed by atoms with Crippen molar-refractivity contribution in [3.63, 3.8) is 0 Å². The standard InChI is InChI=1S/C9H8ClF2N3S/c1-15(4-6(11)12)7-5-2-3-16-8(5)14-9(10)13-7/h2-3,6H,4H2,1H3. The molecule has 0 aromatic carbocycles. The molecule has 0 atom stereocenters. The molecule has 2 heterocycles. The number of thiophene rings is 1. The lowest BCUT2D eigenvalue weighted by atomic mass is 10.3. The third-order valence-corrected chi connectivity index (χ3v) is 3.03. The molecule has 2 aromatic rings. The molecule has 3 nitrogen and oxygen atoms in total. The van der Waals surface area contributed by atoms with Crippen LogP contribution in [0, 0.1) is 0 Å². The highest BCUT2D eigenvalue weighted by molar-refractivity contribution is 7.16. The van der Waals surface area contributed by atoms with E-state index >= 15 is 0 Å². The Morgan fingerprint density at radius 3 is 2.94 bits per heavy atom. The number of nitrogens with zero attached hydrogens (tertiary/aromatic N) is 3. The number of hydrogen-bond donors (Lipinski definition) is 0. The van der Waals surface area contributed by atoms with E-state index in [4.69, 9.17) is 11.6 Å². The highest BCUT2D eigenvalue weighted by Gasteiger charge is 2.15. The van der Waals surface area contributed by atoms with Gasteiger partial charge in [0.25, 0.3) is 6.43 Å². The van der Waals surface area contributed by atoms with E-state index in [1.54, 1.807) is 13.1 Å². The Bertz CT molecular complexity index is 502. The average Bonchev–Trinajstić information content (AvgIpc) is 2.62. The van der Waals surface area contributed by atoms with Crippen LogP contribution in [0.15, 0.2) is 11.4 Å². The molecule has 0 spiro atoms. The monoisotopic (exact) mass is 263 g/mol. The lowest BCUT2D eigenvalue weighted by Crippen LogP contribution is -2.25. The molecule has 2 aromatic heterocycles. The van der Waals surface area contributed by atoms with Crippen LogP contribution in [0.2, 0.25) is 5.28 Å². The smallest absolute Gasteiger partial charge is 0.255 e. The SMILES string of the molecule is CN(CC(F)F)c1nc(Cl)nc2sccc12. The van der Waals surface area contributed by atoms with Gasteiger partial charge < -0.3 is 4.90 Å². The van der Waals surface area contributed by atoms with E-state index in [1.165, 1.54) is 16.2 Å². The lowest BCUT2D eigenvalue weighted by molar-refractivity contribution is 0.156. The molecule has 0 N–H and O–H groups in total. The van der Waals surface area contributed by atoms with Crippen molar-refractivity contribution in [2.45, 2.75) is 6.43 Å². The number of rotatable bonds is 3. The van der Waals surface area contributed by atoms with Crippen molar-refractivity contribution in [2.24, 2.45) is 0 Å². The van der Waals surface area contributed by atoms with Gasteiger partial charge in [-0.3, -0.25) is 0 Å². The van der Waals surface area contributed by atoms with E-state index in [-0.39, 0.29) is 11.8 Å². The summed E-state index contributed by atoms with van der Waals surface area (Å²) in [4.78, 5) is 10.1. The maximum absolute atomic E-state index is 12.3. The van der Waals surface area contributed by atoms with Gasteiger partial charge >= 0.3 is 0 Å². The van der Waals surface area contributed by atoms with Gasteiger partial charge in [-0.25, -0.2) is 13.8 Å². The molecule has 2 rings (SSSR count). The Morgan fingerprint density at radius 1 is 1.50 bits per heavy atom. The Morgan fingerprint density at radius 2 is 2.25 bits per heavy atom. The van der Waals surface area contributed by atoms with Gasteiger partial charge in [-0.15, -0.1) is 11.3 Å². The first kappa shape index (κ1) is 11.5. The molecule has 0 aliphatic heterocycles. The summed E-state index contributed by atoms with van der Waals surface area (Å²) in [5, 5.41) is 2.65. The molecule has 86 valence electrons. The second kappa shape index (κ2) is 4.47. The predicted octanol–water partition coefficient (Wildman–Crippen LogP) is 3.05. The summed E-state index contributed by atoms with van der Waals surface area (Å²) >= 11 is 7.13. The van der Waals surface area contributed by atoms with E-state index in [1.807, 2.05) is 5.38 Å². The predicted molar refractivity (Wildman–Crippen MR) is 61.7 cm³/mol. The summed E-state index contributed by atoms with van der Waals surface area (Å²) in [5.74, 6) is 0.441. The zero-order valence-electron chi connectivity index (χ0n) is 8.32. The maximum atomic E-state index is 12.3. The zero-order chi connectivity index (χ0) is 11.7. The molecule has 0 unspecified atom stereocenters. The quantitative estimate of drug-likeness (QED) is 0.797. The topological polar surface area (TPSA) is 29.0 Å². The molecule has 0 saturated carbocycles. The summed E-state index contributed by atoms with van der Waals surface area (Å²) < 4.78 is 24.6. The minimum absolute atomic E-state index is 0.0751. The fourth-order valence-corrected chi connectivity index (χ4v) is 2.37. The fourth-order valence-electron chi connectivity index (χ4n) is 1.40. The Labute approximate surface area is 99.7 Å². The molecule has 0 fully saturated rings. The molecule has 0 aliphatic rings. The van der Waals surface area contributed by atoms with Crippen molar-refractivity contribution in [3.05, 3.63) is 16.7 Å². The van der Waals surface area contributed by atoms with Gasteiger partial charge in [0.05, 0.1) is 11.9 Å². The second-order valence-corrected chi connectivity index (χ2v) is 4.46. The highest BCUT2D eigenvalue weighted by Crippen LogP contribution is 2.28. The van der Waals surface area contributed by atoms with Crippen LogP contribution < -0.4 is 4.90 Å². The van der Waals surface area contributed by atoms with E-state index in [0.29, 0.717) is 10.6 Å². The van der Waals surface area contributed by atoms with E-state index in [0.717, 1.165) is 5.39 Å². The van der Waals surface area contributed by atoms with Gasteiger partial charge in [-0.05, 0) is 23.0 Å². The minimum Gasteiger partial charge on any atom is -0.353 e. The van der Waals surface area contributed by atoms with Crippen LogP contribution in [0.25, 0.3) is 10.2 Å². The normalized spacial score (nSPS) is 11.3. The summed E-state index contributed by atoms with van der Waals surface area (Å²) in [6.07, 6.45) is -2.41. The van der Waals surface area contributed by atoms with Gasteiger partial charge in [0.2, 0.25) is 5.28 Å². The van der Waals surface area contributed by atoms with E-state index < -0.39 is 6.43 Å². The van der Waals surface area contributed by atoms with Gasteiger partial charge in [0.1, 0.15) is 10.6 Å². The molecule has 0 radical (unpaired) electrons. The number of alkyl halides is 2. The van der Waals surface area contributed by atoms with Gasteiger partial charge in [-0.2, -0.15) is 4.98 Å². The van der Waals surface area contributed by atoms with Crippen molar-refractivity contribution in [3.8, 4) is 0 Å². The number of hydrogen-bond acceptors (Lipinski definition) is 4. The molecule has 0 aliphatic carbocycles. The molecular formula is C9H8ClF2N3S. The van der Waals surface area contributed by atoms with Gasteiger partial charge in [0.15, 0.2) is 0 Å². The van der Waals surface area contributed by atoms with Crippen LogP contribution in [-0.4, -0.2) is 30.0 Å².